The number of sulfonamides is 1. The molecular weight excluding hydrogens is 680 g/mol. The third-order valence-corrected chi connectivity index (χ3v) is 10.0. The highest BCUT2D eigenvalue weighted by Gasteiger charge is 2.35. The Hall–Kier alpha value is -4.32. The lowest BCUT2D eigenvalue weighted by Crippen LogP contribution is -2.54. The fraction of sp³-hybridized carbons (Fsp3) is 0.257. The van der Waals surface area contributed by atoms with Crippen LogP contribution in [0.3, 0.4) is 0 Å². The van der Waals surface area contributed by atoms with E-state index in [9.17, 15) is 22.4 Å². The van der Waals surface area contributed by atoms with Crippen molar-refractivity contribution in [3.63, 3.8) is 0 Å². The summed E-state index contributed by atoms with van der Waals surface area (Å²) in [6.45, 7) is 3.35. The molecule has 0 bridgehead atoms. The molecule has 48 heavy (non-hydrogen) atoms. The SMILES string of the molecule is CC(C)NC(=O)[C@H](Cc1ccccc1)N(Cc1ccc(Cl)c(Cl)c1)C(=O)CN(c1ccc(F)cc1)S(=O)(=O)c1ccc2c(c1)OCCO2. The number of carbonyl (C=O) groups is 2. The van der Waals surface area contributed by atoms with Gasteiger partial charge in [0.15, 0.2) is 11.5 Å². The second-order valence-electron chi connectivity index (χ2n) is 11.4. The van der Waals surface area contributed by atoms with Crippen molar-refractivity contribution < 1.29 is 31.9 Å². The second-order valence-corrected chi connectivity index (χ2v) is 14.1. The van der Waals surface area contributed by atoms with E-state index in [1.165, 1.54) is 35.2 Å². The molecule has 1 heterocycles. The fourth-order valence-electron chi connectivity index (χ4n) is 5.22. The number of ether oxygens (including phenoxy) is 2. The molecule has 0 aliphatic carbocycles. The first-order valence-corrected chi connectivity index (χ1v) is 17.4. The molecule has 1 aliphatic rings. The van der Waals surface area contributed by atoms with E-state index in [1.54, 1.807) is 32.0 Å². The Kier molecular flexibility index (Phi) is 11.1. The van der Waals surface area contributed by atoms with Crippen molar-refractivity contribution in [2.45, 2.75) is 43.8 Å². The summed E-state index contributed by atoms with van der Waals surface area (Å²) in [7, 11) is -4.45. The number of benzene rings is 4. The molecular formula is C35H34Cl2FN3O6S. The summed E-state index contributed by atoms with van der Waals surface area (Å²) >= 11 is 12.5. The maximum Gasteiger partial charge on any atom is 0.264 e. The first-order chi connectivity index (χ1) is 22.9. The molecule has 2 amide bonds. The smallest absolute Gasteiger partial charge is 0.264 e. The average molecular weight is 715 g/mol. The van der Waals surface area contributed by atoms with E-state index in [4.69, 9.17) is 32.7 Å². The van der Waals surface area contributed by atoms with Gasteiger partial charge in [-0.1, -0.05) is 59.6 Å². The number of amides is 2. The van der Waals surface area contributed by atoms with Gasteiger partial charge in [0, 0.05) is 25.1 Å². The Morgan fingerprint density at radius 2 is 1.54 bits per heavy atom. The van der Waals surface area contributed by atoms with Gasteiger partial charge in [0.1, 0.15) is 31.6 Å². The Morgan fingerprint density at radius 3 is 2.21 bits per heavy atom. The van der Waals surface area contributed by atoms with Crippen molar-refractivity contribution >= 4 is 50.7 Å². The summed E-state index contributed by atoms with van der Waals surface area (Å²) in [5.41, 5.74) is 1.39. The summed E-state index contributed by atoms with van der Waals surface area (Å²) in [5.74, 6) is -1.08. The van der Waals surface area contributed by atoms with Crippen molar-refractivity contribution in [3.8, 4) is 11.5 Å². The number of rotatable bonds is 12. The first-order valence-electron chi connectivity index (χ1n) is 15.2. The standard InChI is InChI=1S/C35H34Cl2FN3O6S/c1-23(2)39-35(43)31(19-24-6-4-3-5-7-24)40(21-25-8-14-29(36)30(37)18-25)34(42)22-41(27-11-9-26(38)10-12-27)48(44,45)28-13-15-32-33(20-28)47-17-16-46-32/h3-15,18,20,23,31H,16-17,19,21-22H2,1-2H3,(H,39,43)/t31-/m0/s1. The quantitative estimate of drug-likeness (QED) is 0.186. The van der Waals surface area contributed by atoms with Gasteiger partial charge in [-0.15, -0.1) is 0 Å². The summed E-state index contributed by atoms with van der Waals surface area (Å²) in [6, 6.07) is 21.6. The number of halogens is 3. The molecule has 0 radical (unpaired) electrons. The van der Waals surface area contributed by atoms with Gasteiger partial charge in [-0.25, -0.2) is 12.8 Å². The van der Waals surface area contributed by atoms with E-state index < -0.39 is 40.2 Å². The molecule has 4 aromatic carbocycles. The molecule has 1 aliphatic heterocycles. The van der Waals surface area contributed by atoms with Crippen LogP contribution in [0.5, 0.6) is 11.5 Å². The number of hydrogen-bond donors (Lipinski definition) is 1. The van der Waals surface area contributed by atoms with Gasteiger partial charge in [0.2, 0.25) is 11.8 Å². The third-order valence-electron chi connectivity index (χ3n) is 7.53. The number of hydrogen-bond acceptors (Lipinski definition) is 6. The van der Waals surface area contributed by atoms with Crippen LogP contribution in [0.4, 0.5) is 10.1 Å². The topological polar surface area (TPSA) is 105 Å². The maximum atomic E-state index is 14.5. The Morgan fingerprint density at radius 1 is 0.854 bits per heavy atom. The zero-order valence-electron chi connectivity index (χ0n) is 26.2. The van der Waals surface area contributed by atoms with E-state index >= 15 is 0 Å². The van der Waals surface area contributed by atoms with E-state index in [0.29, 0.717) is 22.9 Å². The van der Waals surface area contributed by atoms with Gasteiger partial charge in [-0.05, 0) is 73.5 Å². The Bertz CT molecular complexity index is 1880. The van der Waals surface area contributed by atoms with Crippen LogP contribution in [0.15, 0.2) is 95.9 Å². The van der Waals surface area contributed by atoms with Gasteiger partial charge < -0.3 is 19.7 Å². The lowest BCUT2D eigenvalue weighted by Gasteiger charge is -2.34. The van der Waals surface area contributed by atoms with Gasteiger partial charge in [0.05, 0.1) is 20.6 Å². The number of nitrogens with zero attached hydrogens (tertiary/aromatic N) is 2. The third kappa shape index (κ3) is 8.39. The lowest BCUT2D eigenvalue weighted by atomic mass is 10.0. The van der Waals surface area contributed by atoms with Gasteiger partial charge in [0.25, 0.3) is 10.0 Å². The second kappa shape index (κ2) is 15.3. The van der Waals surface area contributed by atoms with Crippen LogP contribution in [0.1, 0.15) is 25.0 Å². The molecule has 0 saturated carbocycles. The molecule has 0 spiro atoms. The summed E-state index contributed by atoms with van der Waals surface area (Å²) < 4.78 is 54.7. The monoisotopic (exact) mass is 713 g/mol. The van der Waals surface area contributed by atoms with Crippen LogP contribution in [-0.4, -0.2) is 57.0 Å². The molecule has 13 heteroatoms. The van der Waals surface area contributed by atoms with Gasteiger partial charge in [-0.3, -0.25) is 13.9 Å². The molecule has 1 atom stereocenters. The molecule has 0 fully saturated rings. The predicted molar refractivity (Wildman–Crippen MR) is 183 cm³/mol. The molecule has 0 unspecified atom stereocenters. The van der Waals surface area contributed by atoms with Gasteiger partial charge >= 0.3 is 0 Å². The normalized spacial score (nSPS) is 13.1. The van der Waals surface area contributed by atoms with Crippen LogP contribution >= 0.6 is 23.2 Å². The summed E-state index contributed by atoms with van der Waals surface area (Å²) in [4.78, 5) is 29.5. The molecule has 9 nitrogen and oxygen atoms in total. The number of carbonyl (C=O) groups excluding carboxylic acids is 2. The van der Waals surface area contributed by atoms with E-state index in [1.807, 2.05) is 30.3 Å². The largest absolute Gasteiger partial charge is 0.486 e. The van der Waals surface area contributed by atoms with Crippen molar-refractivity contribution in [1.29, 1.82) is 0 Å². The number of anilines is 1. The number of fused-ring (bicyclic) bond motifs is 1. The van der Waals surface area contributed by atoms with Crippen molar-refractivity contribution in [2.75, 3.05) is 24.1 Å². The van der Waals surface area contributed by atoms with Crippen molar-refractivity contribution in [2.24, 2.45) is 0 Å². The number of nitrogens with one attached hydrogen (secondary N) is 1. The Labute approximate surface area is 289 Å². The van der Waals surface area contributed by atoms with Gasteiger partial charge in [-0.2, -0.15) is 0 Å². The minimum absolute atomic E-state index is 0.0420. The Balaban J connectivity index is 1.58. The highest BCUT2D eigenvalue weighted by molar-refractivity contribution is 7.92. The minimum Gasteiger partial charge on any atom is -0.486 e. The molecule has 252 valence electrons. The highest BCUT2D eigenvalue weighted by Crippen LogP contribution is 2.34. The average Bonchev–Trinajstić information content (AvgIpc) is 3.07. The van der Waals surface area contributed by atoms with E-state index in [2.05, 4.69) is 5.32 Å². The van der Waals surface area contributed by atoms with Crippen LogP contribution in [0.2, 0.25) is 10.0 Å². The first kappa shape index (κ1) is 35.0. The summed E-state index contributed by atoms with van der Waals surface area (Å²) in [6.07, 6.45) is 0.137. The highest BCUT2D eigenvalue weighted by atomic mass is 35.5. The molecule has 5 rings (SSSR count). The predicted octanol–water partition coefficient (Wildman–Crippen LogP) is 6.26. The summed E-state index contributed by atoms with van der Waals surface area (Å²) in [5, 5.41) is 3.46. The molecule has 0 saturated heterocycles. The van der Waals surface area contributed by atoms with E-state index in [-0.39, 0.29) is 47.0 Å². The fourth-order valence-corrected chi connectivity index (χ4v) is 6.97. The maximum absolute atomic E-state index is 14.5. The minimum atomic E-state index is -4.45. The van der Waals surface area contributed by atoms with Crippen LogP contribution in [0.25, 0.3) is 0 Å². The lowest BCUT2D eigenvalue weighted by molar-refractivity contribution is -0.140. The van der Waals surface area contributed by atoms with Crippen molar-refractivity contribution in [1.82, 2.24) is 10.2 Å². The van der Waals surface area contributed by atoms with Crippen molar-refractivity contribution in [3.05, 3.63) is 118 Å². The molecule has 4 aromatic rings. The van der Waals surface area contributed by atoms with Crippen LogP contribution in [0, 0.1) is 5.82 Å². The zero-order chi connectivity index (χ0) is 34.4. The zero-order valence-corrected chi connectivity index (χ0v) is 28.6. The molecule has 0 aromatic heterocycles. The molecule has 1 N–H and O–H groups in total. The van der Waals surface area contributed by atoms with E-state index in [0.717, 1.165) is 22.0 Å². The van der Waals surface area contributed by atoms with Crippen LogP contribution in [-0.2, 0) is 32.6 Å². The van der Waals surface area contributed by atoms with Crippen LogP contribution < -0.4 is 19.1 Å².